The van der Waals surface area contributed by atoms with Crippen LogP contribution in [0.1, 0.15) is 24.1 Å². The molecule has 1 atom stereocenters. The van der Waals surface area contributed by atoms with Crippen LogP contribution in [0.15, 0.2) is 0 Å². The first kappa shape index (κ1) is 12.4. The number of aryl methyl sites for hydroxylation is 2. The van der Waals surface area contributed by atoms with Crippen LogP contribution in [0.3, 0.4) is 0 Å². The van der Waals surface area contributed by atoms with E-state index in [0.29, 0.717) is 11.6 Å². The van der Waals surface area contributed by atoms with Gasteiger partial charge in [-0.3, -0.25) is 4.68 Å². The van der Waals surface area contributed by atoms with Crippen LogP contribution in [0.2, 0.25) is 5.15 Å². The predicted molar refractivity (Wildman–Crippen MR) is 66.8 cm³/mol. The van der Waals surface area contributed by atoms with Crippen molar-refractivity contribution in [2.24, 2.45) is 12.5 Å². The Labute approximate surface area is 107 Å². The molecule has 1 aliphatic rings. The Hall–Kier alpha value is -1.05. The summed E-state index contributed by atoms with van der Waals surface area (Å²) in [6.07, 6.45) is 2.67. The first-order chi connectivity index (χ1) is 8.08. The molecule has 1 fully saturated rings. The average Bonchev–Trinajstić information content (AvgIpc) is 2.57. The van der Waals surface area contributed by atoms with Crippen molar-refractivity contribution in [2.45, 2.75) is 26.2 Å². The molecule has 1 saturated heterocycles. The lowest BCUT2D eigenvalue weighted by atomic mass is 9.77. The summed E-state index contributed by atoms with van der Waals surface area (Å²) < 4.78 is 1.67. The Morgan fingerprint density at radius 1 is 1.65 bits per heavy atom. The van der Waals surface area contributed by atoms with Gasteiger partial charge < -0.3 is 5.32 Å². The van der Waals surface area contributed by atoms with Crippen molar-refractivity contribution in [3.05, 3.63) is 16.4 Å². The third-order valence-corrected chi connectivity index (χ3v) is 3.97. The van der Waals surface area contributed by atoms with Crippen molar-refractivity contribution in [1.82, 2.24) is 15.1 Å². The van der Waals surface area contributed by atoms with Crippen molar-refractivity contribution in [3.63, 3.8) is 0 Å². The zero-order valence-electron chi connectivity index (χ0n) is 10.3. The lowest BCUT2D eigenvalue weighted by molar-refractivity contribution is 0.285. The molecular formula is C12H17ClN4. The lowest BCUT2D eigenvalue weighted by Gasteiger charge is -2.31. The lowest BCUT2D eigenvalue weighted by Crippen LogP contribution is -2.40. The quantitative estimate of drug-likeness (QED) is 0.874. The molecule has 1 N–H and O–H groups in total. The Kier molecular flexibility index (Phi) is 3.41. The van der Waals surface area contributed by atoms with E-state index in [4.69, 9.17) is 11.6 Å². The standard InChI is InChI=1S/C12H17ClN4/c1-9-10(11(13)17(2)16-9)6-12(7-14)4-3-5-15-8-12/h15H,3-6,8H2,1-2H3. The minimum absolute atomic E-state index is 0.324. The molecular weight excluding hydrogens is 236 g/mol. The molecule has 5 heteroatoms. The first-order valence-corrected chi connectivity index (χ1v) is 6.26. The van der Waals surface area contributed by atoms with Crippen molar-refractivity contribution >= 4 is 11.6 Å². The van der Waals surface area contributed by atoms with Crippen molar-refractivity contribution < 1.29 is 0 Å². The summed E-state index contributed by atoms with van der Waals surface area (Å²) >= 11 is 6.22. The van der Waals surface area contributed by atoms with Gasteiger partial charge in [0.05, 0.1) is 17.2 Å². The monoisotopic (exact) mass is 252 g/mol. The maximum Gasteiger partial charge on any atom is 0.130 e. The van der Waals surface area contributed by atoms with Crippen molar-refractivity contribution in [2.75, 3.05) is 13.1 Å². The van der Waals surface area contributed by atoms with Gasteiger partial charge in [-0.2, -0.15) is 10.4 Å². The van der Waals surface area contributed by atoms with Gasteiger partial charge in [0.15, 0.2) is 0 Å². The van der Waals surface area contributed by atoms with Gasteiger partial charge in [-0.15, -0.1) is 0 Å². The third kappa shape index (κ3) is 2.31. The van der Waals surface area contributed by atoms with Gasteiger partial charge in [0.25, 0.3) is 0 Å². The van der Waals surface area contributed by atoms with Gasteiger partial charge >= 0.3 is 0 Å². The van der Waals surface area contributed by atoms with E-state index in [9.17, 15) is 5.26 Å². The van der Waals surface area contributed by atoms with E-state index < -0.39 is 0 Å². The largest absolute Gasteiger partial charge is 0.315 e. The Balaban J connectivity index is 2.27. The number of nitrogens with one attached hydrogen (secondary N) is 1. The molecule has 1 aliphatic heterocycles. The van der Waals surface area contributed by atoms with E-state index in [1.54, 1.807) is 4.68 Å². The SMILES string of the molecule is Cc1nn(C)c(Cl)c1CC1(C#N)CCCNC1. The highest BCUT2D eigenvalue weighted by Gasteiger charge is 2.34. The summed E-state index contributed by atoms with van der Waals surface area (Å²) in [5.41, 5.74) is 1.62. The third-order valence-electron chi connectivity index (χ3n) is 3.49. The van der Waals surface area contributed by atoms with E-state index >= 15 is 0 Å². The molecule has 17 heavy (non-hydrogen) atoms. The zero-order valence-corrected chi connectivity index (χ0v) is 11.0. The van der Waals surface area contributed by atoms with E-state index in [0.717, 1.165) is 37.2 Å². The predicted octanol–water partition coefficient (Wildman–Crippen LogP) is 1.82. The van der Waals surface area contributed by atoms with Gasteiger partial charge in [0.1, 0.15) is 5.15 Å². The molecule has 1 aromatic rings. The number of hydrogen-bond donors (Lipinski definition) is 1. The minimum atomic E-state index is -0.324. The molecule has 92 valence electrons. The van der Waals surface area contributed by atoms with Gasteiger partial charge in [-0.05, 0) is 32.7 Å². The van der Waals surface area contributed by atoms with E-state index in [2.05, 4.69) is 16.5 Å². The second-order valence-corrected chi connectivity index (χ2v) is 5.19. The summed E-state index contributed by atoms with van der Waals surface area (Å²) in [4.78, 5) is 0. The molecule has 1 unspecified atom stereocenters. The number of halogens is 1. The Morgan fingerprint density at radius 3 is 2.88 bits per heavy atom. The van der Waals surface area contributed by atoms with E-state index in [-0.39, 0.29) is 5.41 Å². The Bertz CT molecular complexity index is 452. The number of rotatable bonds is 2. The number of hydrogen-bond acceptors (Lipinski definition) is 3. The summed E-state index contributed by atoms with van der Waals surface area (Å²) in [5, 5.41) is 17.7. The molecule has 1 aromatic heterocycles. The fourth-order valence-corrected chi connectivity index (χ4v) is 2.71. The van der Waals surface area contributed by atoms with Crippen LogP contribution in [-0.2, 0) is 13.5 Å². The van der Waals surface area contributed by atoms with Gasteiger partial charge in [-0.25, -0.2) is 0 Å². The van der Waals surface area contributed by atoms with Crippen LogP contribution in [0.4, 0.5) is 0 Å². The minimum Gasteiger partial charge on any atom is -0.315 e. The average molecular weight is 253 g/mol. The smallest absolute Gasteiger partial charge is 0.130 e. The summed E-state index contributed by atoms with van der Waals surface area (Å²) in [6.45, 7) is 3.69. The molecule has 0 aliphatic carbocycles. The van der Waals surface area contributed by atoms with Gasteiger partial charge in [0, 0.05) is 19.2 Å². The molecule has 2 heterocycles. The van der Waals surface area contributed by atoms with E-state index in [1.807, 2.05) is 14.0 Å². The van der Waals surface area contributed by atoms with Crippen LogP contribution in [0.5, 0.6) is 0 Å². The van der Waals surface area contributed by atoms with Crippen LogP contribution >= 0.6 is 11.6 Å². The second kappa shape index (κ2) is 4.67. The maximum absolute atomic E-state index is 9.43. The van der Waals surface area contributed by atoms with Crippen molar-refractivity contribution in [3.8, 4) is 6.07 Å². The van der Waals surface area contributed by atoms with Gasteiger partial charge in [0.2, 0.25) is 0 Å². The van der Waals surface area contributed by atoms with Gasteiger partial charge in [-0.1, -0.05) is 11.6 Å². The summed E-state index contributed by atoms with van der Waals surface area (Å²) in [5.74, 6) is 0. The van der Waals surface area contributed by atoms with E-state index in [1.165, 1.54) is 0 Å². The van der Waals surface area contributed by atoms with Crippen molar-refractivity contribution in [1.29, 1.82) is 5.26 Å². The summed E-state index contributed by atoms with van der Waals surface area (Å²) in [6, 6.07) is 2.47. The number of nitrogens with zero attached hydrogens (tertiary/aromatic N) is 3. The molecule has 0 radical (unpaired) electrons. The first-order valence-electron chi connectivity index (χ1n) is 5.88. The Morgan fingerprint density at radius 2 is 2.41 bits per heavy atom. The number of piperidine rings is 1. The zero-order chi connectivity index (χ0) is 12.5. The highest BCUT2D eigenvalue weighted by molar-refractivity contribution is 6.30. The molecule has 4 nitrogen and oxygen atoms in total. The second-order valence-electron chi connectivity index (χ2n) is 4.83. The number of nitriles is 1. The van der Waals surface area contributed by atoms with Crippen LogP contribution in [0.25, 0.3) is 0 Å². The molecule has 0 bridgehead atoms. The highest BCUT2D eigenvalue weighted by Crippen LogP contribution is 2.33. The normalized spacial score (nSPS) is 24.6. The summed E-state index contributed by atoms with van der Waals surface area (Å²) in [7, 11) is 1.83. The molecule has 0 amide bonds. The van der Waals surface area contributed by atoms with Crippen LogP contribution < -0.4 is 5.32 Å². The topological polar surface area (TPSA) is 53.6 Å². The number of aromatic nitrogens is 2. The van der Waals surface area contributed by atoms with Crippen LogP contribution in [0, 0.1) is 23.7 Å². The van der Waals surface area contributed by atoms with Crippen LogP contribution in [-0.4, -0.2) is 22.9 Å². The molecule has 0 saturated carbocycles. The fraction of sp³-hybridized carbons (Fsp3) is 0.667. The molecule has 0 spiro atoms. The molecule has 0 aromatic carbocycles. The molecule has 2 rings (SSSR count). The maximum atomic E-state index is 9.43. The fourth-order valence-electron chi connectivity index (χ4n) is 2.47. The highest BCUT2D eigenvalue weighted by atomic mass is 35.5.